The van der Waals surface area contributed by atoms with Gasteiger partial charge in [-0.3, -0.25) is 14.6 Å². The summed E-state index contributed by atoms with van der Waals surface area (Å²) < 4.78 is 0. The lowest BCUT2D eigenvalue weighted by molar-refractivity contribution is -0.142. The van der Waals surface area contributed by atoms with Crippen LogP contribution in [0, 0.1) is 0 Å². The van der Waals surface area contributed by atoms with E-state index in [1.165, 1.54) is 6.92 Å². The van der Waals surface area contributed by atoms with E-state index in [2.05, 4.69) is 15.6 Å². The first-order chi connectivity index (χ1) is 11.2. The molecule has 10 heteroatoms. The molecule has 0 spiro atoms. The van der Waals surface area contributed by atoms with E-state index in [4.69, 9.17) is 22.3 Å². The molecule has 0 aromatic carbocycles. The minimum atomic E-state index is -1.12. The first-order valence-corrected chi connectivity index (χ1v) is 7.82. The van der Waals surface area contributed by atoms with Crippen LogP contribution in [0.25, 0.3) is 0 Å². The lowest BCUT2D eigenvalue weighted by Gasteiger charge is -2.17. The van der Waals surface area contributed by atoms with E-state index >= 15 is 0 Å². The molecule has 0 aliphatic rings. The first-order valence-electron chi connectivity index (χ1n) is 7.82. The minimum absolute atomic E-state index is 0.0294. The molecule has 0 saturated carbocycles. The van der Waals surface area contributed by atoms with Gasteiger partial charge in [0.1, 0.15) is 6.04 Å². The molecule has 2 atom stereocenters. The molecule has 0 aromatic heterocycles. The van der Waals surface area contributed by atoms with Gasteiger partial charge in [0.05, 0.1) is 6.04 Å². The highest BCUT2D eigenvalue weighted by molar-refractivity contribution is 5.86. The molecular formula is C14H28N6O4. The number of guanidine groups is 1. The van der Waals surface area contributed by atoms with Crippen molar-refractivity contribution in [2.75, 3.05) is 13.1 Å². The van der Waals surface area contributed by atoms with Gasteiger partial charge in [0.2, 0.25) is 11.8 Å². The van der Waals surface area contributed by atoms with E-state index in [0.717, 1.165) is 0 Å². The van der Waals surface area contributed by atoms with Crippen LogP contribution < -0.4 is 27.8 Å². The fourth-order valence-electron chi connectivity index (χ4n) is 1.92. The standard InChI is InChI=1S/C14H28N6O4/c1-9(21)18-7-3-2-6-11(13(23)24)20-12(22)10(15)5-4-8-19-14(16)17/h10-11H,2-8,15H2,1H3,(H,18,21)(H,20,22)(H,23,24)(H4,16,17,19)/t10-,11-/m0/s1. The van der Waals surface area contributed by atoms with E-state index < -0.39 is 24.0 Å². The Morgan fingerprint density at radius 1 is 1.12 bits per heavy atom. The molecule has 0 heterocycles. The number of hydrogen-bond donors (Lipinski definition) is 6. The maximum atomic E-state index is 11.9. The average Bonchev–Trinajstić information content (AvgIpc) is 2.48. The van der Waals surface area contributed by atoms with Gasteiger partial charge < -0.3 is 32.9 Å². The van der Waals surface area contributed by atoms with Crippen LogP contribution in [0.15, 0.2) is 4.99 Å². The maximum Gasteiger partial charge on any atom is 0.326 e. The van der Waals surface area contributed by atoms with Crippen molar-refractivity contribution in [1.29, 1.82) is 0 Å². The van der Waals surface area contributed by atoms with Crippen molar-refractivity contribution in [3.63, 3.8) is 0 Å². The zero-order chi connectivity index (χ0) is 18.5. The molecular weight excluding hydrogens is 316 g/mol. The van der Waals surface area contributed by atoms with Gasteiger partial charge >= 0.3 is 5.97 Å². The fourth-order valence-corrected chi connectivity index (χ4v) is 1.92. The summed E-state index contributed by atoms with van der Waals surface area (Å²) in [7, 11) is 0. The van der Waals surface area contributed by atoms with Gasteiger partial charge in [-0.15, -0.1) is 0 Å². The molecule has 0 rings (SSSR count). The normalized spacial score (nSPS) is 12.8. The molecule has 0 aliphatic heterocycles. The molecule has 138 valence electrons. The van der Waals surface area contributed by atoms with Crippen LogP contribution in [0.5, 0.6) is 0 Å². The number of nitrogens with zero attached hydrogens (tertiary/aromatic N) is 1. The number of rotatable bonds is 12. The van der Waals surface area contributed by atoms with Gasteiger partial charge in [0.25, 0.3) is 0 Å². The minimum Gasteiger partial charge on any atom is -0.480 e. The summed E-state index contributed by atoms with van der Waals surface area (Å²) >= 11 is 0. The van der Waals surface area contributed by atoms with Crippen molar-refractivity contribution in [2.24, 2.45) is 22.2 Å². The van der Waals surface area contributed by atoms with Gasteiger partial charge in [-0.1, -0.05) is 0 Å². The Hall–Kier alpha value is -2.36. The summed E-state index contributed by atoms with van der Waals surface area (Å²) in [5.41, 5.74) is 16.1. The second-order valence-corrected chi connectivity index (χ2v) is 5.43. The molecule has 0 unspecified atom stereocenters. The zero-order valence-corrected chi connectivity index (χ0v) is 14.0. The highest BCUT2D eigenvalue weighted by Crippen LogP contribution is 2.03. The molecule has 9 N–H and O–H groups in total. The number of aliphatic imine (C=N–C) groups is 1. The molecule has 0 bridgehead atoms. The SMILES string of the molecule is CC(=O)NCCCC[C@H](NC(=O)[C@@H](N)CCCN=C(N)N)C(=O)O. The van der Waals surface area contributed by atoms with Crippen molar-refractivity contribution in [3.05, 3.63) is 0 Å². The fraction of sp³-hybridized carbons (Fsp3) is 0.714. The third-order valence-electron chi connectivity index (χ3n) is 3.21. The summed E-state index contributed by atoms with van der Waals surface area (Å²) in [6, 6.07) is -1.82. The highest BCUT2D eigenvalue weighted by atomic mass is 16.4. The predicted molar refractivity (Wildman–Crippen MR) is 90.0 cm³/mol. The summed E-state index contributed by atoms with van der Waals surface area (Å²) in [5, 5.41) is 14.2. The van der Waals surface area contributed by atoms with Crippen LogP contribution >= 0.6 is 0 Å². The number of carbonyl (C=O) groups excluding carboxylic acids is 2. The van der Waals surface area contributed by atoms with Crippen molar-refractivity contribution in [3.8, 4) is 0 Å². The summed E-state index contributed by atoms with van der Waals surface area (Å²) in [6.45, 7) is 2.24. The second-order valence-electron chi connectivity index (χ2n) is 5.43. The van der Waals surface area contributed by atoms with E-state index in [9.17, 15) is 14.4 Å². The Morgan fingerprint density at radius 3 is 2.33 bits per heavy atom. The monoisotopic (exact) mass is 344 g/mol. The van der Waals surface area contributed by atoms with Gasteiger partial charge in [0.15, 0.2) is 5.96 Å². The van der Waals surface area contributed by atoms with Gasteiger partial charge in [-0.2, -0.15) is 0 Å². The number of hydrogen-bond acceptors (Lipinski definition) is 5. The maximum absolute atomic E-state index is 11.9. The number of carboxylic acid groups (broad SMARTS) is 1. The van der Waals surface area contributed by atoms with Crippen LogP contribution in [-0.2, 0) is 14.4 Å². The van der Waals surface area contributed by atoms with E-state index in [1.54, 1.807) is 0 Å². The largest absolute Gasteiger partial charge is 0.480 e. The molecule has 10 nitrogen and oxygen atoms in total. The number of nitrogens with one attached hydrogen (secondary N) is 2. The molecule has 0 saturated heterocycles. The van der Waals surface area contributed by atoms with Crippen molar-refractivity contribution in [1.82, 2.24) is 10.6 Å². The van der Waals surface area contributed by atoms with Crippen molar-refractivity contribution < 1.29 is 19.5 Å². The molecule has 0 fully saturated rings. The van der Waals surface area contributed by atoms with Crippen LogP contribution in [-0.4, -0.2) is 54.0 Å². The van der Waals surface area contributed by atoms with Crippen molar-refractivity contribution in [2.45, 2.75) is 51.1 Å². The number of amides is 2. The number of aliphatic carboxylic acids is 1. The second kappa shape index (κ2) is 12.1. The first kappa shape index (κ1) is 21.6. The quantitative estimate of drug-likeness (QED) is 0.137. The molecule has 24 heavy (non-hydrogen) atoms. The van der Waals surface area contributed by atoms with Crippen LogP contribution in [0.1, 0.15) is 39.0 Å². The Bertz CT molecular complexity index is 451. The highest BCUT2D eigenvalue weighted by Gasteiger charge is 2.22. The summed E-state index contributed by atoms with van der Waals surface area (Å²) in [6.07, 6.45) is 2.31. The third kappa shape index (κ3) is 11.2. The Balaban J connectivity index is 4.15. The Labute approximate surface area is 141 Å². The number of carbonyl (C=O) groups is 3. The van der Waals surface area contributed by atoms with E-state index in [0.29, 0.717) is 38.8 Å². The van der Waals surface area contributed by atoms with Crippen LogP contribution in [0.3, 0.4) is 0 Å². The average molecular weight is 344 g/mol. The van der Waals surface area contributed by atoms with E-state index in [-0.39, 0.29) is 18.3 Å². The smallest absolute Gasteiger partial charge is 0.326 e. The molecule has 2 amide bonds. The number of nitrogens with two attached hydrogens (primary N) is 3. The van der Waals surface area contributed by atoms with Gasteiger partial charge in [-0.25, -0.2) is 4.79 Å². The summed E-state index contributed by atoms with van der Waals surface area (Å²) in [4.78, 5) is 37.6. The molecule has 0 radical (unpaired) electrons. The Kier molecular flexibility index (Phi) is 10.9. The lowest BCUT2D eigenvalue weighted by atomic mass is 10.1. The lowest BCUT2D eigenvalue weighted by Crippen LogP contribution is -2.48. The molecule has 0 aliphatic carbocycles. The van der Waals surface area contributed by atoms with Gasteiger partial charge in [-0.05, 0) is 32.1 Å². The topological polar surface area (TPSA) is 186 Å². The summed E-state index contributed by atoms with van der Waals surface area (Å²) in [5.74, 6) is -1.80. The van der Waals surface area contributed by atoms with Gasteiger partial charge in [0, 0.05) is 20.0 Å². The van der Waals surface area contributed by atoms with Crippen LogP contribution in [0.2, 0.25) is 0 Å². The Morgan fingerprint density at radius 2 is 1.79 bits per heavy atom. The third-order valence-corrected chi connectivity index (χ3v) is 3.21. The van der Waals surface area contributed by atoms with Crippen molar-refractivity contribution >= 4 is 23.7 Å². The zero-order valence-electron chi connectivity index (χ0n) is 14.0. The number of unbranched alkanes of at least 4 members (excludes halogenated alkanes) is 1. The van der Waals surface area contributed by atoms with E-state index in [1.807, 2.05) is 0 Å². The number of carboxylic acids is 1. The predicted octanol–water partition coefficient (Wildman–Crippen LogP) is -1.76. The molecule has 0 aromatic rings. The van der Waals surface area contributed by atoms with Crippen LogP contribution in [0.4, 0.5) is 0 Å².